The van der Waals surface area contributed by atoms with Gasteiger partial charge in [-0.1, -0.05) is 29.3 Å². The monoisotopic (exact) mass is 473 g/mol. The highest BCUT2D eigenvalue weighted by atomic mass is 16.2. The number of rotatable bonds is 7. The summed E-state index contributed by atoms with van der Waals surface area (Å²) in [4.78, 5) is 27.6. The van der Waals surface area contributed by atoms with Crippen molar-refractivity contribution in [2.45, 2.75) is 27.3 Å². The van der Waals surface area contributed by atoms with Crippen molar-refractivity contribution >= 4 is 34.7 Å². The van der Waals surface area contributed by atoms with E-state index in [1.807, 2.05) is 29.2 Å². The number of nitrogens with one attached hydrogen (secondary N) is 2. The van der Waals surface area contributed by atoms with E-state index in [4.69, 9.17) is 5.73 Å². The van der Waals surface area contributed by atoms with Crippen molar-refractivity contribution in [3.63, 3.8) is 0 Å². The maximum Gasteiger partial charge on any atom is 0.271 e. The van der Waals surface area contributed by atoms with Crippen LogP contribution in [0.1, 0.15) is 34.1 Å². The highest BCUT2D eigenvalue weighted by Gasteiger charge is 2.19. The van der Waals surface area contributed by atoms with Crippen molar-refractivity contribution in [3.05, 3.63) is 70.9 Å². The Morgan fingerprint density at radius 1 is 0.943 bits per heavy atom. The molecule has 0 spiro atoms. The summed E-state index contributed by atoms with van der Waals surface area (Å²) in [7, 11) is 0. The minimum atomic E-state index is -0.638. The van der Waals surface area contributed by atoms with Gasteiger partial charge >= 0.3 is 0 Å². The Hall–Kier alpha value is -4.14. The van der Waals surface area contributed by atoms with Gasteiger partial charge in [-0.25, -0.2) is 0 Å². The molecule has 0 saturated carbocycles. The summed E-state index contributed by atoms with van der Waals surface area (Å²) in [6.45, 7) is 9.32. The molecular formula is C26H31N7O2. The van der Waals surface area contributed by atoms with Crippen LogP contribution in [0.25, 0.3) is 0 Å². The predicted molar refractivity (Wildman–Crippen MR) is 138 cm³/mol. The molecule has 0 bridgehead atoms. The molecule has 1 saturated heterocycles. The second-order valence-corrected chi connectivity index (χ2v) is 8.87. The fourth-order valence-corrected chi connectivity index (χ4v) is 4.32. The van der Waals surface area contributed by atoms with E-state index in [2.05, 4.69) is 57.8 Å². The Bertz CT molecular complexity index is 1200. The van der Waals surface area contributed by atoms with Crippen molar-refractivity contribution in [2.75, 3.05) is 41.7 Å². The van der Waals surface area contributed by atoms with Crippen LogP contribution in [0.15, 0.2) is 48.5 Å². The zero-order valence-corrected chi connectivity index (χ0v) is 20.3. The number of aromatic nitrogens is 2. The number of hydrogen-bond acceptors (Lipinski definition) is 7. The highest BCUT2D eigenvalue weighted by molar-refractivity contribution is 5.96. The van der Waals surface area contributed by atoms with E-state index in [1.165, 1.54) is 11.1 Å². The van der Waals surface area contributed by atoms with E-state index >= 15 is 0 Å². The Kier molecular flexibility index (Phi) is 7.14. The SMILES string of the molecule is CC(=O)N1CCN(c2ccc(Nc3cc(NCc4cc(C)cc(C)c4)c(C(N)=O)nn3)cc2)CC1. The van der Waals surface area contributed by atoms with Crippen LogP contribution in [-0.2, 0) is 11.3 Å². The van der Waals surface area contributed by atoms with E-state index in [9.17, 15) is 9.59 Å². The number of aryl methyl sites for hydroxylation is 2. The summed E-state index contributed by atoms with van der Waals surface area (Å²) in [5.74, 6) is -0.0162. The smallest absolute Gasteiger partial charge is 0.271 e. The first kappa shape index (κ1) is 24.0. The van der Waals surface area contributed by atoms with E-state index < -0.39 is 5.91 Å². The summed E-state index contributed by atoms with van der Waals surface area (Å²) in [5.41, 5.74) is 11.5. The maximum absolute atomic E-state index is 11.9. The predicted octanol–water partition coefficient (Wildman–Crippen LogP) is 3.22. The number of nitrogens with two attached hydrogens (primary N) is 1. The van der Waals surface area contributed by atoms with E-state index in [1.54, 1.807) is 13.0 Å². The molecule has 4 rings (SSSR count). The number of hydrogen-bond donors (Lipinski definition) is 3. The van der Waals surface area contributed by atoms with Crippen molar-refractivity contribution in [3.8, 4) is 0 Å². The van der Waals surface area contributed by atoms with Gasteiger partial charge in [0.2, 0.25) is 5.91 Å². The quantitative estimate of drug-likeness (QED) is 0.482. The number of carbonyl (C=O) groups excluding carboxylic acids is 2. The Labute approximate surface area is 205 Å². The maximum atomic E-state index is 11.9. The van der Waals surface area contributed by atoms with Crippen molar-refractivity contribution in [1.29, 1.82) is 0 Å². The molecular weight excluding hydrogens is 442 g/mol. The number of anilines is 4. The largest absolute Gasteiger partial charge is 0.379 e. The Morgan fingerprint density at radius 3 is 2.20 bits per heavy atom. The summed E-state index contributed by atoms with van der Waals surface area (Å²) in [6.07, 6.45) is 0. The molecule has 0 unspecified atom stereocenters. The standard InChI is InChI=1S/C26H31N7O2/c1-17-12-18(2)14-20(13-17)16-28-23-15-24(30-31-25(23)26(27)35)29-21-4-6-22(7-5-21)33-10-8-32(9-11-33)19(3)34/h4-7,12-15H,8-11,16H2,1-3H3,(H2,27,35)(H2,28,29,30). The molecule has 1 aliphatic heterocycles. The minimum absolute atomic E-state index is 0.0972. The molecule has 2 heterocycles. The molecule has 182 valence electrons. The van der Waals surface area contributed by atoms with Crippen molar-refractivity contribution in [2.24, 2.45) is 5.73 Å². The normalized spacial score (nSPS) is 13.5. The fourth-order valence-electron chi connectivity index (χ4n) is 4.32. The van der Waals surface area contributed by atoms with Crippen LogP contribution in [0.5, 0.6) is 0 Å². The highest BCUT2D eigenvalue weighted by Crippen LogP contribution is 2.24. The van der Waals surface area contributed by atoms with Crippen LogP contribution in [0.4, 0.5) is 22.9 Å². The third kappa shape index (κ3) is 6.06. The molecule has 1 fully saturated rings. The molecule has 2 aromatic carbocycles. The first-order valence-electron chi connectivity index (χ1n) is 11.6. The Balaban J connectivity index is 1.44. The second kappa shape index (κ2) is 10.4. The van der Waals surface area contributed by atoms with E-state index in [0.29, 0.717) is 18.1 Å². The van der Waals surface area contributed by atoms with Crippen LogP contribution in [0, 0.1) is 13.8 Å². The topological polar surface area (TPSA) is 116 Å². The average molecular weight is 474 g/mol. The first-order valence-corrected chi connectivity index (χ1v) is 11.6. The van der Waals surface area contributed by atoms with Crippen LogP contribution in [0.2, 0.25) is 0 Å². The third-order valence-corrected chi connectivity index (χ3v) is 6.02. The summed E-state index contributed by atoms with van der Waals surface area (Å²) < 4.78 is 0. The number of nitrogens with zero attached hydrogens (tertiary/aromatic N) is 4. The summed E-state index contributed by atoms with van der Waals surface area (Å²) >= 11 is 0. The van der Waals surface area contributed by atoms with Crippen molar-refractivity contribution < 1.29 is 9.59 Å². The van der Waals surface area contributed by atoms with Gasteiger partial charge in [-0.15, -0.1) is 10.2 Å². The molecule has 0 radical (unpaired) electrons. The molecule has 1 aliphatic rings. The molecule has 4 N–H and O–H groups in total. The number of carbonyl (C=O) groups is 2. The van der Waals surface area contributed by atoms with E-state index in [-0.39, 0.29) is 11.6 Å². The van der Waals surface area contributed by atoms with Gasteiger partial charge in [0.15, 0.2) is 11.5 Å². The fraction of sp³-hybridized carbons (Fsp3) is 0.308. The molecule has 0 aliphatic carbocycles. The molecule has 9 nitrogen and oxygen atoms in total. The zero-order chi connectivity index (χ0) is 24.9. The van der Waals surface area contributed by atoms with Crippen LogP contribution < -0.4 is 21.3 Å². The van der Waals surface area contributed by atoms with Crippen LogP contribution >= 0.6 is 0 Å². The molecule has 2 amide bonds. The van der Waals surface area contributed by atoms with Gasteiger partial charge in [-0.3, -0.25) is 9.59 Å². The minimum Gasteiger partial charge on any atom is -0.379 e. The molecule has 1 aromatic heterocycles. The summed E-state index contributed by atoms with van der Waals surface area (Å²) in [6, 6.07) is 16.1. The number of benzene rings is 2. The number of primary amides is 1. The second-order valence-electron chi connectivity index (χ2n) is 8.87. The van der Waals surface area contributed by atoms with Gasteiger partial charge in [0.1, 0.15) is 0 Å². The lowest BCUT2D eigenvalue weighted by Gasteiger charge is -2.35. The zero-order valence-electron chi connectivity index (χ0n) is 20.3. The molecule has 35 heavy (non-hydrogen) atoms. The van der Waals surface area contributed by atoms with Gasteiger partial charge in [-0.2, -0.15) is 0 Å². The lowest BCUT2D eigenvalue weighted by Crippen LogP contribution is -2.48. The lowest BCUT2D eigenvalue weighted by atomic mass is 10.1. The van der Waals surface area contributed by atoms with Gasteiger partial charge in [0.25, 0.3) is 5.91 Å². The van der Waals surface area contributed by atoms with Crippen LogP contribution in [-0.4, -0.2) is 53.1 Å². The number of piperazine rings is 1. The van der Waals surface area contributed by atoms with Crippen molar-refractivity contribution in [1.82, 2.24) is 15.1 Å². The van der Waals surface area contributed by atoms with Crippen LogP contribution in [0.3, 0.4) is 0 Å². The number of amides is 2. The van der Waals surface area contributed by atoms with Gasteiger partial charge in [0.05, 0.1) is 5.69 Å². The van der Waals surface area contributed by atoms with Gasteiger partial charge < -0.3 is 26.2 Å². The van der Waals surface area contributed by atoms with E-state index in [0.717, 1.165) is 43.1 Å². The Morgan fingerprint density at radius 2 is 1.60 bits per heavy atom. The lowest BCUT2D eigenvalue weighted by molar-refractivity contribution is -0.129. The van der Waals surface area contributed by atoms with Gasteiger partial charge in [-0.05, 0) is 43.7 Å². The van der Waals surface area contributed by atoms with Gasteiger partial charge in [0, 0.05) is 57.1 Å². The first-order chi connectivity index (χ1) is 16.8. The third-order valence-electron chi connectivity index (χ3n) is 6.02. The summed E-state index contributed by atoms with van der Waals surface area (Å²) in [5, 5.41) is 14.7. The molecule has 0 atom stereocenters. The molecule has 3 aromatic rings. The average Bonchev–Trinajstić information content (AvgIpc) is 2.83. The molecule has 9 heteroatoms.